The lowest BCUT2D eigenvalue weighted by atomic mass is 10.0. The van der Waals surface area contributed by atoms with Crippen molar-refractivity contribution in [3.63, 3.8) is 0 Å². The number of amides is 3. The van der Waals surface area contributed by atoms with Gasteiger partial charge in [-0.2, -0.15) is 0 Å². The second kappa shape index (κ2) is 14.4. The Hall–Kier alpha value is -4.67. The highest BCUT2D eigenvalue weighted by Crippen LogP contribution is 2.27. The summed E-state index contributed by atoms with van der Waals surface area (Å²) in [5.74, 6) is -1.30. The Labute approximate surface area is 282 Å². The molecule has 1 unspecified atom stereocenters. The van der Waals surface area contributed by atoms with E-state index in [0.29, 0.717) is 34.4 Å². The standard InChI is InChI=1S/C36H33Cl2N5O4/c37-27-12-10-23(30(38)17-27)15-31(39)34(44)43(28-13-11-24-18-40-19-25(24)14-28)35(45)33(16-26-20-41-32-9-5-4-8-29(26)32)42-36(46)47-21-22-6-2-1-3-7-22/h1-14,17,20,31,33,40-41H,15-16,18-19,21,39H2,(H,42,46)/t31?,33-/m0/s1. The Balaban J connectivity index is 1.33. The van der Waals surface area contributed by atoms with Gasteiger partial charge in [0, 0.05) is 46.7 Å². The van der Waals surface area contributed by atoms with E-state index in [1.165, 1.54) is 0 Å². The van der Waals surface area contributed by atoms with Gasteiger partial charge in [-0.15, -0.1) is 0 Å². The SMILES string of the molecule is NC(Cc1ccc(Cl)cc1Cl)C(=O)N(C(=O)[C@H](Cc1c[nH]c2ccccc12)NC(=O)OCc1ccccc1)c1ccc2c(c1)CNC2. The second-order valence-electron chi connectivity index (χ2n) is 11.4. The molecule has 47 heavy (non-hydrogen) atoms. The molecule has 5 N–H and O–H groups in total. The lowest BCUT2D eigenvalue weighted by Crippen LogP contribution is -2.55. The molecule has 9 nitrogen and oxygen atoms in total. The van der Waals surface area contributed by atoms with Crippen molar-refractivity contribution in [3.05, 3.63) is 135 Å². The number of halogens is 2. The van der Waals surface area contributed by atoms with Gasteiger partial charge in [0.15, 0.2) is 0 Å². The number of benzene rings is 4. The number of fused-ring (bicyclic) bond motifs is 2. The van der Waals surface area contributed by atoms with Crippen molar-refractivity contribution >= 4 is 57.7 Å². The van der Waals surface area contributed by atoms with Gasteiger partial charge in [-0.1, -0.05) is 83.9 Å². The van der Waals surface area contributed by atoms with E-state index in [-0.39, 0.29) is 19.4 Å². The number of hydrogen-bond acceptors (Lipinski definition) is 6. The minimum absolute atomic E-state index is 0.00780. The van der Waals surface area contributed by atoms with Crippen LogP contribution in [0.3, 0.4) is 0 Å². The summed E-state index contributed by atoms with van der Waals surface area (Å²) in [6, 6.07) is 24.9. The number of aromatic nitrogens is 1. The molecule has 1 aromatic heterocycles. The van der Waals surface area contributed by atoms with Gasteiger partial charge in [-0.3, -0.25) is 9.59 Å². The molecule has 3 amide bonds. The van der Waals surface area contributed by atoms with Gasteiger partial charge in [0.2, 0.25) is 0 Å². The van der Waals surface area contributed by atoms with E-state index in [2.05, 4.69) is 15.6 Å². The monoisotopic (exact) mass is 669 g/mol. The van der Waals surface area contributed by atoms with Crippen molar-refractivity contribution in [2.75, 3.05) is 4.90 Å². The van der Waals surface area contributed by atoms with Gasteiger partial charge < -0.3 is 26.1 Å². The molecule has 1 aliphatic rings. The van der Waals surface area contributed by atoms with Gasteiger partial charge in [0.25, 0.3) is 11.8 Å². The van der Waals surface area contributed by atoms with Crippen molar-refractivity contribution < 1.29 is 19.1 Å². The average molecular weight is 671 g/mol. The first-order valence-electron chi connectivity index (χ1n) is 15.2. The number of rotatable bonds is 10. The number of nitrogens with zero attached hydrogens (tertiary/aromatic N) is 1. The largest absolute Gasteiger partial charge is 0.445 e. The third kappa shape index (κ3) is 7.50. The number of imide groups is 1. The molecule has 6 rings (SSSR count). The highest BCUT2D eigenvalue weighted by atomic mass is 35.5. The maximum Gasteiger partial charge on any atom is 0.408 e. The number of carbonyl (C=O) groups is 3. The van der Waals surface area contributed by atoms with Crippen LogP contribution in [0.1, 0.15) is 27.8 Å². The van der Waals surface area contributed by atoms with Gasteiger partial charge in [0.1, 0.15) is 12.6 Å². The highest BCUT2D eigenvalue weighted by molar-refractivity contribution is 6.35. The van der Waals surface area contributed by atoms with E-state index >= 15 is 0 Å². The first kappa shape index (κ1) is 32.3. The lowest BCUT2D eigenvalue weighted by Gasteiger charge is -2.29. The fourth-order valence-corrected chi connectivity index (χ4v) is 6.23. The first-order chi connectivity index (χ1) is 22.8. The minimum Gasteiger partial charge on any atom is -0.445 e. The molecule has 0 bridgehead atoms. The maximum absolute atomic E-state index is 14.6. The molecule has 240 valence electrons. The molecule has 0 spiro atoms. The Morgan fingerprint density at radius 3 is 2.43 bits per heavy atom. The van der Waals surface area contributed by atoms with Crippen molar-refractivity contribution in [2.45, 2.75) is 44.6 Å². The third-order valence-corrected chi connectivity index (χ3v) is 8.78. The van der Waals surface area contributed by atoms with Crippen LogP contribution in [0.15, 0.2) is 97.2 Å². The Morgan fingerprint density at radius 1 is 0.851 bits per heavy atom. The molecule has 11 heteroatoms. The van der Waals surface area contributed by atoms with Gasteiger partial charge in [-0.25, -0.2) is 9.69 Å². The minimum atomic E-state index is -1.18. The van der Waals surface area contributed by atoms with Crippen LogP contribution < -0.4 is 21.3 Å². The number of carbonyl (C=O) groups excluding carboxylic acids is 3. The lowest BCUT2D eigenvalue weighted by molar-refractivity contribution is -0.128. The summed E-state index contributed by atoms with van der Waals surface area (Å²) in [5, 5.41) is 7.73. The molecule has 0 fully saturated rings. The third-order valence-electron chi connectivity index (χ3n) is 8.19. The van der Waals surface area contributed by atoms with E-state index in [4.69, 9.17) is 33.7 Å². The zero-order valence-electron chi connectivity index (χ0n) is 25.3. The molecule has 0 saturated heterocycles. The molecular weight excluding hydrogens is 637 g/mol. The zero-order chi connectivity index (χ0) is 32.9. The number of para-hydroxylation sites is 1. The van der Waals surface area contributed by atoms with Gasteiger partial charge in [0.05, 0.1) is 11.7 Å². The van der Waals surface area contributed by atoms with Gasteiger partial charge >= 0.3 is 6.09 Å². The zero-order valence-corrected chi connectivity index (χ0v) is 26.9. The normalized spacial score (nSPS) is 13.5. The van der Waals surface area contributed by atoms with Crippen LogP contribution in [0.4, 0.5) is 10.5 Å². The van der Waals surface area contributed by atoms with E-state index in [0.717, 1.165) is 38.1 Å². The van der Waals surface area contributed by atoms with Crippen molar-refractivity contribution in [1.29, 1.82) is 0 Å². The van der Waals surface area contributed by atoms with Crippen molar-refractivity contribution in [1.82, 2.24) is 15.6 Å². The quantitative estimate of drug-likeness (QED) is 0.143. The summed E-state index contributed by atoms with van der Waals surface area (Å²) in [7, 11) is 0. The maximum atomic E-state index is 14.6. The Morgan fingerprint density at radius 2 is 1.62 bits per heavy atom. The molecule has 0 radical (unpaired) electrons. The van der Waals surface area contributed by atoms with Crippen LogP contribution in [-0.4, -0.2) is 35.0 Å². The van der Waals surface area contributed by atoms with Crippen LogP contribution in [0, 0.1) is 0 Å². The molecule has 2 atom stereocenters. The van der Waals surface area contributed by atoms with Crippen LogP contribution >= 0.6 is 23.2 Å². The van der Waals surface area contributed by atoms with E-state index in [1.54, 1.807) is 30.5 Å². The number of H-pyrrole nitrogens is 1. The molecule has 0 saturated carbocycles. The number of nitrogens with one attached hydrogen (secondary N) is 3. The second-order valence-corrected chi connectivity index (χ2v) is 12.3. The molecule has 5 aromatic rings. The number of alkyl carbamates (subject to hydrolysis) is 1. The highest BCUT2D eigenvalue weighted by Gasteiger charge is 2.35. The van der Waals surface area contributed by atoms with E-state index in [9.17, 15) is 14.4 Å². The van der Waals surface area contributed by atoms with Crippen molar-refractivity contribution in [2.24, 2.45) is 5.73 Å². The summed E-state index contributed by atoms with van der Waals surface area (Å²) in [6.45, 7) is 1.28. The Kier molecular flexibility index (Phi) is 9.89. The van der Waals surface area contributed by atoms with Crippen LogP contribution in [0.5, 0.6) is 0 Å². The van der Waals surface area contributed by atoms with Crippen molar-refractivity contribution in [3.8, 4) is 0 Å². The number of aromatic amines is 1. The van der Waals surface area contributed by atoms with Crippen LogP contribution in [0.25, 0.3) is 10.9 Å². The predicted octanol–water partition coefficient (Wildman–Crippen LogP) is 6.05. The van der Waals surface area contributed by atoms with Gasteiger partial charge in [-0.05, 0) is 64.6 Å². The Bertz CT molecular complexity index is 1930. The topological polar surface area (TPSA) is 130 Å². The smallest absolute Gasteiger partial charge is 0.408 e. The van der Waals surface area contributed by atoms with Crippen LogP contribution in [0.2, 0.25) is 10.0 Å². The summed E-state index contributed by atoms with van der Waals surface area (Å²) in [4.78, 5) is 46.3. The summed E-state index contributed by atoms with van der Waals surface area (Å²) >= 11 is 12.5. The fraction of sp³-hybridized carbons (Fsp3) is 0.194. The van der Waals surface area contributed by atoms with E-state index in [1.807, 2.05) is 66.7 Å². The predicted molar refractivity (Wildman–Crippen MR) is 183 cm³/mol. The number of nitrogens with two attached hydrogens (primary N) is 1. The first-order valence-corrected chi connectivity index (χ1v) is 15.9. The number of ether oxygens (including phenoxy) is 1. The molecular formula is C36H33Cl2N5O4. The molecule has 0 aliphatic carbocycles. The molecule has 1 aliphatic heterocycles. The molecule has 4 aromatic carbocycles. The summed E-state index contributed by atoms with van der Waals surface area (Å²) in [6.07, 6.45) is 1.14. The number of hydrogen-bond donors (Lipinski definition) is 4. The molecule has 2 heterocycles. The summed E-state index contributed by atoms with van der Waals surface area (Å²) < 4.78 is 5.50. The van der Waals surface area contributed by atoms with Crippen LogP contribution in [-0.2, 0) is 46.9 Å². The number of anilines is 1. The fourth-order valence-electron chi connectivity index (χ4n) is 5.74. The summed E-state index contributed by atoms with van der Waals surface area (Å²) in [5.41, 5.74) is 12.0. The van der Waals surface area contributed by atoms with E-state index < -0.39 is 30.0 Å². The average Bonchev–Trinajstić information content (AvgIpc) is 3.72.